The van der Waals surface area contributed by atoms with Crippen molar-refractivity contribution < 1.29 is 18.7 Å². The van der Waals surface area contributed by atoms with Crippen molar-refractivity contribution in [3.8, 4) is 5.82 Å². The van der Waals surface area contributed by atoms with Gasteiger partial charge in [0.1, 0.15) is 16.4 Å². The van der Waals surface area contributed by atoms with Crippen molar-refractivity contribution >= 4 is 17.6 Å². The third-order valence-electron chi connectivity index (χ3n) is 2.28. The number of halogens is 3. The number of nitrogens with zero attached hydrogens (tertiary/aromatic N) is 4. The summed E-state index contributed by atoms with van der Waals surface area (Å²) in [5, 5.41) is 19.4. The van der Waals surface area contributed by atoms with E-state index < -0.39 is 28.8 Å². The highest BCUT2D eigenvalue weighted by molar-refractivity contribution is 6.32. The van der Waals surface area contributed by atoms with E-state index in [0.29, 0.717) is 5.69 Å². The Morgan fingerprint density at radius 3 is 2.53 bits per heavy atom. The predicted octanol–water partition coefficient (Wildman–Crippen LogP) is 2.26. The fourth-order valence-corrected chi connectivity index (χ4v) is 1.72. The van der Waals surface area contributed by atoms with Crippen molar-refractivity contribution in [2.24, 2.45) is 0 Å². The van der Waals surface area contributed by atoms with E-state index in [1.807, 2.05) is 0 Å². The van der Waals surface area contributed by atoms with Crippen LogP contribution < -0.4 is 0 Å². The monoisotopic (exact) mass is 288 g/mol. The Balaban J connectivity index is 2.62. The molecule has 9 heteroatoms. The largest absolute Gasteiger partial charge is 0.478 e. The second kappa shape index (κ2) is 4.88. The Labute approximate surface area is 110 Å². The lowest BCUT2D eigenvalue weighted by Gasteiger charge is -2.00. The quantitative estimate of drug-likeness (QED) is 0.937. The van der Waals surface area contributed by atoms with Gasteiger partial charge < -0.3 is 5.11 Å². The van der Waals surface area contributed by atoms with Crippen molar-refractivity contribution in [1.29, 1.82) is 0 Å². The number of hydrogen-bond acceptors (Lipinski definition) is 4. The van der Waals surface area contributed by atoms with Gasteiger partial charge in [-0.05, 0) is 19.1 Å². The fourth-order valence-electron chi connectivity index (χ4n) is 1.42. The number of aromatic nitrogens is 4. The maximum Gasteiger partial charge on any atom is 0.341 e. The molecule has 0 amide bonds. The maximum absolute atomic E-state index is 12.7. The molecule has 100 valence electrons. The highest BCUT2D eigenvalue weighted by atomic mass is 35.5. The molecule has 0 aromatic carbocycles. The summed E-state index contributed by atoms with van der Waals surface area (Å²) in [7, 11) is 0. The molecule has 0 saturated heterocycles. The zero-order chi connectivity index (χ0) is 14.2. The van der Waals surface area contributed by atoms with Crippen LogP contribution in [-0.2, 0) is 0 Å². The Bertz CT molecular complexity index is 627. The van der Waals surface area contributed by atoms with Crippen molar-refractivity contribution in [2.75, 3.05) is 0 Å². The highest BCUT2D eigenvalue weighted by Crippen LogP contribution is 2.29. The van der Waals surface area contributed by atoms with Crippen LogP contribution in [0.1, 0.15) is 28.2 Å². The summed E-state index contributed by atoms with van der Waals surface area (Å²) in [6.07, 6.45) is -3.05. The molecular formula is C10H7ClF2N4O2. The van der Waals surface area contributed by atoms with Gasteiger partial charge in [0.2, 0.25) is 0 Å². The summed E-state index contributed by atoms with van der Waals surface area (Å²) in [6, 6.07) is 3.02. The van der Waals surface area contributed by atoms with Crippen LogP contribution >= 0.6 is 11.6 Å². The van der Waals surface area contributed by atoms with Crippen LogP contribution in [0.15, 0.2) is 12.1 Å². The van der Waals surface area contributed by atoms with Crippen LogP contribution in [-0.4, -0.2) is 31.1 Å². The van der Waals surface area contributed by atoms with Gasteiger partial charge in [0.25, 0.3) is 6.43 Å². The molecule has 0 bridgehead atoms. The molecule has 0 atom stereocenters. The summed E-state index contributed by atoms with van der Waals surface area (Å²) in [4.78, 5) is 10.9. The fraction of sp³-hybridized carbons (Fsp3) is 0.200. The average molecular weight is 289 g/mol. The first-order chi connectivity index (χ1) is 8.91. The normalized spacial score (nSPS) is 11.0. The van der Waals surface area contributed by atoms with Gasteiger partial charge in [-0.3, -0.25) is 0 Å². The Hall–Kier alpha value is -2.09. The number of carbonyl (C=O) groups is 1. The summed E-state index contributed by atoms with van der Waals surface area (Å²) >= 11 is 5.76. The van der Waals surface area contributed by atoms with E-state index in [-0.39, 0.29) is 5.82 Å². The molecular weight excluding hydrogens is 282 g/mol. The number of rotatable bonds is 3. The number of hydrogen-bond donors (Lipinski definition) is 1. The van der Waals surface area contributed by atoms with E-state index in [2.05, 4.69) is 15.3 Å². The zero-order valence-electron chi connectivity index (χ0n) is 9.51. The van der Waals surface area contributed by atoms with Crippen molar-refractivity contribution in [1.82, 2.24) is 20.0 Å². The number of alkyl halides is 2. The van der Waals surface area contributed by atoms with E-state index >= 15 is 0 Å². The lowest BCUT2D eigenvalue weighted by atomic mass is 10.2. The van der Waals surface area contributed by atoms with E-state index in [1.54, 1.807) is 13.0 Å². The Morgan fingerprint density at radius 2 is 2.11 bits per heavy atom. The molecule has 0 spiro atoms. The summed E-state index contributed by atoms with van der Waals surface area (Å²) in [5.74, 6) is -1.52. The molecule has 0 aliphatic rings. The minimum absolute atomic E-state index is 0.0602. The molecule has 0 aliphatic carbocycles. The molecule has 6 nitrogen and oxygen atoms in total. The molecule has 2 heterocycles. The van der Waals surface area contributed by atoms with Gasteiger partial charge in [0, 0.05) is 0 Å². The van der Waals surface area contributed by atoms with E-state index in [9.17, 15) is 13.6 Å². The molecule has 0 aliphatic heterocycles. The molecule has 19 heavy (non-hydrogen) atoms. The first-order valence-corrected chi connectivity index (χ1v) is 5.40. The number of aromatic carboxylic acids is 1. The molecule has 2 rings (SSSR count). The van der Waals surface area contributed by atoms with Crippen LogP contribution in [0.25, 0.3) is 5.82 Å². The van der Waals surface area contributed by atoms with Crippen LogP contribution in [0.2, 0.25) is 5.15 Å². The topological polar surface area (TPSA) is 80.9 Å². The van der Waals surface area contributed by atoms with Crippen molar-refractivity contribution in [3.05, 3.63) is 34.2 Å². The van der Waals surface area contributed by atoms with E-state index in [4.69, 9.17) is 16.7 Å². The minimum Gasteiger partial charge on any atom is -0.478 e. The molecule has 0 fully saturated rings. The number of aryl methyl sites for hydroxylation is 1. The highest BCUT2D eigenvalue weighted by Gasteiger charge is 2.28. The van der Waals surface area contributed by atoms with Crippen LogP contribution in [0.4, 0.5) is 8.78 Å². The number of carboxylic acids is 1. The van der Waals surface area contributed by atoms with Gasteiger partial charge in [-0.1, -0.05) is 11.6 Å². The maximum atomic E-state index is 12.7. The lowest BCUT2D eigenvalue weighted by Crippen LogP contribution is -2.02. The van der Waals surface area contributed by atoms with Crippen LogP contribution in [0.3, 0.4) is 0 Å². The third-order valence-corrected chi connectivity index (χ3v) is 2.63. The van der Waals surface area contributed by atoms with Crippen molar-refractivity contribution in [3.63, 3.8) is 0 Å². The van der Waals surface area contributed by atoms with Gasteiger partial charge in [0.05, 0.1) is 5.69 Å². The lowest BCUT2D eigenvalue weighted by molar-refractivity contribution is 0.0684. The smallest absolute Gasteiger partial charge is 0.341 e. The van der Waals surface area contributed by atoms with E-state index in [0.717, 1.165) is 4.68 Å². The van der Waals surface area contributed by atoms with Crippen LogP contribution in [0, 0.1) is 6.92 Å². The standard InChI is InChI=1S/C10H7ClF2N4O2/c1-4-2-3-5(15-14-4)17-8(11)6(10(18)19)7(16-17)9(12)13/h2-3,9H,1H3,(H,18,19). The average Bonchev–Trinajstić information content (AvgIpc) is 2.68. The van der Waals surface area contributed by atoms with Gasteiger partial charge in [0.15, 0.2) is 5.82 Å². The van der Waals surface area contributed by atoms with Gasteiger partial charge >= 0.3 is 5.97 Å². The molecule has 2 aromatic rings. The van der Waals surface area contributed by atoms with Gasteiger partial charge in [-0.15, -0.1) is 5.10 Å². The summed E-state index contributed by atoms with van der Waals surface area (Å²) in [6.45, 7) is 1.69. The zero-order valence-corrected chi connectivity index (χ0v) is 10.3. The molecule has 1 N–H and O–H groups in total. The second-order valence-electron chi connectivity index (χ2n) is 3.60. The van der Waals surface area contributed by atoms with Gasteiger partial charge in [-0.25, -0.2) is 18.3 Å². The predicted molar refractivity (Wildman–Crippen MR) is 60.8 cm³/mol. The second-order valence-corrected chi connectivity index (χ2v) is 3.96. The molecule has 0 saturated carbocycles. The van der Waals surface area contributed by atoms with E-state index in [1.165, 1.54) is 6.07 Å². The molecule has 0 unspecified atom stereocenters. The number of carboxylic acid groups (broad SMARTS) is 1. The SMILES string of the molecule is Cc1ccc(-n2nc(C(F)F)c(C(=O)O)c2Cl)nn1. The van der Waals surface area contributed by atoms with Gasteiger partial charge in [-0.2, -0.15) is 10.2 Å². The minimum atomic E-state index is -3.05. The first-order valence-electron chi connectivity index (χ1n) is 5.02. The summed E-state index contributed by atoms with van der Waals surface area (Å²) in [5.41, 5.74) is -1.03. The molecule has 0 radical (unpaired) electrons. The Morgan fingerprint density at radius 1 is 1.42 bits per heavy atom. The summed E-state index contributed by atoms with van der Waals surface area (Å²) < 4.78 is 26.3. The third kappa shape index (κ3) is 2.39. The molecule has 2 aromatic heterocycles. The van der Waals surface area contributed by atoms with Crippen molar-refractivity contribution in [2.45, 2.75) is 13.3 Å². The Kier molecular flexibility index (Phi) is 3.43. The first kappa shape index (κ1) is 13.3. The van der Waals surface area contributed by atoms with Crippen LogP contribution in [0.5, 0.6) is 0 Å².